The number of rotatable bonds is 4. The topological polar surface area (TPSA) is 47.9 Å². The van der Waals surface area contributed by atoms with Crippen molar-refractivity contribution in [1.82, 2.24) is 0 Å². The van der Waals surface area contributed by atoms with Crippen molar-refractivity contribution in [2.75, 3.05) is 7.11 Å². The van der Waals surface area contributed by atoms with Crippen molar-refractivity contribution in [1.29, 1.82) is 0 Å². The summed E-state index contributed by atoms with van der Waals surface area (Å²) < 4.78 is 11.0. The van der Waals surface area contributed by atoms with Gasteiger partial charge in [-0.1, -0.05) is 50.3 Å². The molecule has 1 aromatic rings. The van der Waals surface area contributed by atoms with E-state index in [0.717, 1.165) is 5.56 Å². The molecule has 1 aliphatic heterocycles. The van der Waals surface area contributed by atoms with Gasteiger partial charge < -0.3 is 9.47 Å². The summed E-state index contributed by atoms with van der Waals surface area (Å²) >= 11 is 0. The molecule has 0 radical (unpaired) electrons. The molecule has 21 heavy (non-hydrogen) atoms. The predicted octanol–water partition coefficient (Wildman–Crippen LogP) is 3.08. The molecule has 0 aromatic heterocycles. The lowest BCUT2D eigenvalue weighted by Gasteiger charge is -2.36. The Morgan fingerprint density at radius 1 is 1.43 bits per heavy atom. The van der Waals surface area contributed by atoms with E-state index in [1.54, 1.807) is 13.2 Å². The number of aliphatic imine (C=N–C) groups is 1. The van der Waals surface area contributed by atoms with Crippen molar-refractivity contribution in [3.8, 4) is 0 Å². The van der Waals surface area contributed by atoms with Crippen LogP contribution in [0.15, 0.2) is 48.0 Å². The van der Waals surface area contributed by atoms with Gasteiger partial charge in [-0.2, -0.15) is 0 Å². The van der Waals surface area contributed by atoms with Crippen LogP contribution >= 0.6 is 0 Å². The number of methoxy groups -OCH3 is 1. The van der Waals surface area contributed by atoms with Gasteiger partial charge in [0.05, 0.1) is 7.11 Å². The van der Waals surface area contributed by atoms with Crippen LogP contribution in [-0.2, 0) is 19.8 Å². The molecule has 4 heteroatoms. The summed E-state index contributed by atoms with van der Waals surface area (Å²) in [4.78, 5) is 17.3. The van der Waals surface area contributed by atoms with Crippen molar-refractivity contribution in [2.24, 2.45) is 10.9 Å². The Morgan fingerprint density at radius 3 is 2.62 bits per heavy atom. The Morgan fingerprint density at radius 2 is 2.10 bits per heavy atom. The zero-order valence-electron chi connectivity index (χ0n) is 12.7. The molecule has 1 aliphatic rings. The van der Waals surface area contributed by atoms with E-state index in [2.05, 4.69) is 11.6 Å². The number of hydrogen-bond donors (Lipinski definition) is 0. The highest BCUT2D eigenvalue weighted by Gasteiger charge is 2.47. The third kappa shape index (κ3) is 2.71. The van der Waals surface area contributed by atoms with E-state index in [0.29, 0.717) is 12.3 Å². The monoisotopic (exact) mass is 287 g/mol. The van der Waals surface area contributed by atoms with E-state index in [1.165, 1.54) is 0 Å². The third-order valence-electron chi connectivity index (χ3n) is 3.62. The van der Waals surface area contributed by atoms with Gasteiger partial charge in [-0.05, 0) is 11.5 Å². The molecule has 0 N–H and O–H groups in total. The second kappa shape index (κ2) is 6.12. The quantitative estimate of drug-likeness (QED) is 0.631. The number of esters is 1. The van der Waals surface area contributed by atoms with Crippen LogP contribution in [0.3, 0.4) is 0 Å². The van der Waals surface area contributed by atoms with Gasteiger partial charge in [-0.3, -0.25) is 0 Å². The number of ether oxygens (including phenoxy) is 2. The second-order valence-electron chi connectivity index (χ2n) is 5.44. The smallest absolute Gasteiger partial charge is 0.339 e. The first-order valence-electron chi connectivity index (χ1n) is 7.06. The summed E-state index contributed by atoms with van der Waals surface area (Å²) in [6, 6.07) is 9.40. The molecule has 112 valence electrons. The Labute approximate surface area is 125 Å². The van der Waals surface area contributed by atoms with Crippen LogP contribution in [0.25, 0.3) is 0 Å². The van der Waals surface area contributed by atoms with Crippen molar-refractivity contribution < 1.29 is 14.3 Å². The van der Waals surface area contributed by atoms with E-state index in [1.807, 2.05) is 44.2 Å². The molecule has 0 amide bonds. The fraction of sp³-hybridized carbons (Fsp3) is 0.412. The van der Waals surface area contributed by atoms with Gasteiger partial charge in [0, 0.05) is 6.42 Å². The Bertz CT molecular complexity index is 550. The Hall–Kier alpha value is -2.10. The molecule has 0 bridgehead atoms. The molecular weight excluding hydrogens is 266 g/mol. The molecule has 2 rings (SSSR count). The molecule has 1 heterocycles. The zero-order valence-corrected chi connectivity index (χ0v) is 12.7. The molecule has 0 unspecified atom stereocenters. The minimum Gasteiger partial charge on any atom is -0.482 e. The van der Waals surface area contributed by atoms with E-state index in [4.69, 9.17) is 9.47 Å². The van der Waals surface area contributed by atoms with Gasteiger partial charge >= 0.3 is 5.97 Å². The number of benzene rings is 1. The van der Waals surface area contributed by atoms with Gasteiger partial charge in [0.2, 0.25) is 5.90 Å². The van der Waals surface area contributed by atoms with Crippen LogP contribution in [0.4, 0.5) is 0 Å². The minimum absolute atomic E-state index is 0.102. The van der Waals surface area contributed by atoms with E-state index in [-0.39, 0.29) is 11.9 Å². The molecule has 2 atom stereocenters. The van der Waals surface area contributed by atoms with E-state index < -0.39 is 11.6 Å². The third-order valence-corrected chi connectivity index (χ3v) is 3.62. The highest BCUT2D eigenvalue weighted by Crippen LogP contribution is 2.36. The predicted molar refractivity (Wildman–Crippen MR) is 82.1 cm³/mol. The lowest BCUT2D eigenvalue weighted by Crippen LogP contribution is -2.48. The maximum absolute atomic E-state index is 12.7. The number of hydrogen-bond acceptors (Lipinski definition) is 4. The highest BCUT2D eigenvalue weighted by molar-refractivity contribution is 5.94. The first-order valence-corrected chi connectivity index (χ1v) is 7.06. The summed E-state index contributed by atoms with van der Waals surface area (Å²) in [7, 11) is 1.55. The van der Waals surface area contributed by atoms with Gasteiger partial charge in [0.25, 0.3) is 0 Å². The van der Waals surface area contributed by atoms with Crippen molar-refractivity contribution >= 4 is 11.9 Å². The number of nitrogens with zero attached hydrogens (tertiary/aromatic N) is 1. The van der Waals surface area contributed by atoms with Gasteiger partial charge in [-0.25, -0.2) is 9.79 Å². The van der Waals surface area contributed by atoms with Gasteiger partial charge in [0.15, 0.2) is 11.6 Å². The Kier molecular flexibility index (Phi) is 4.46. The minimum atomic E-state index is -1.10. The van der Waals surface area contributed by atoms with Crippen molar-refractivity contribution in [2.45, 2.75) is 31.9 Å². The first-order chi connectivity index (χ1) is 10.0. The SMILES string of the molecule is C=CC[C@@]1(c2ccccc2)N=C(OC)[C@H](C(C)C)OC1=O. The molecule has 0 saturated heterocycles. The largest absolute Gasteiger partial charge is 0.482 e. The van der Waals surface area contributed by atoms with Crippen molar-refractivity contribution in [3.63, 3.8) is 0 Å². The zero-order chi connectivity index (χ0) is 15.5. The van der Waals surface area contributed by atoms with Crippen molar-refractivity contribution in [3.05, 3.63) is 48.6 Å². The molecule has 0 fully saturated rings. The molecule has 1 aromatic carbocycles. The summed E-state index contributed by atoms with van der Waals surface area (Å²) in [6.45, 7) is 7.68. The van der Waals surface area contributed by atoms with Crippen LogP contribution in [0, 0.1) is 5.92 Å². The fourth-order valence-corrected chi connectivity index (χ4v) is 2.50. The highest BCUT2D eigenvalue weighted by atomic mass is 16.6. The van der Waals surface area contributed by atoms with Crippen LogP contribution in [-0.4, -0.2) is 25.1 Å². The number of cyclic esters (lactones) is 1. The maximum Gasteiger partial charge on any atom is 0.339 e. The van der Waals surface area contributed by atoms with E-state index in [9.17, 15) is 4.79 Å². The molecule has 0 spiro atoms. The average molecular weight is 287 g/mol. The van der Waals surface area contributed by atoms with E-state index >= 15 is 0 Å². The summed E-state index contributed by atoms with van der Waals surface area (Å²) in [5.74, 6) is 0.202. The molecule has 0 saturated carbocycles. The normalized spacial score (nSPS) is 25.2. The number of carbonyl (C=O) groups excluding carboxylic acids is 1. The van der Waals surface area contributed by atoms with Crippen LogP contribution in [0.2, 0.25) is 0 Å². The average Bonchev–Trinajstić information content (AvgIpc) is 2.49. The molecule has 4 nitrogen and oxygen atoms in total. The first kappa shape index (κ1) is 15.3. The summed E-state index contributed by atoms with van der Waals surface area (Å²) in [5, 5.41) is 0. The second-order valence-corrected chi connectivity index (χ2v) is 5.44. The van der Waals surface area contributed by atoms with Gasteiger partial charge in [-0.15, -0.1) is 6.58 Å². The molecule has 0 aliphatic carbocycles. The number of carbonyl (C=O) groups is 1. The van der Waals surface area contributed by atoms with Crippen LogP contribution in [0.1, 0.15) is 25.8 Å². The van der Waals surface area contributed by atoms with Gasteiger partial charge in [0.1, 0.15) is 0 Å². The summed E-state index contributed by atoms with van der Waals surface area (Å²) in [5.41, 5.74) is -0.314. The Balaban J connectivity index is 2.57. The lowest BCUT2D eigenvalue weighted by atomic mass is 9.85. The molecular formula is C17H21NO3. The van der Waals surface area contributed by atoms with Crippen LogP contribution in [0.5, 0.6) is 0 Å². The fourth-order valence-electron chi connectivity index (χ4n) is 2.50. The van der Waals surface area contributed by atoms with Crippen LogP contribution < -0.4 is 0 Å². The lowest BCUT2D eigenvalue weighted by molar-refractivity contribution is -0.157. The maximum atomic E-state index is 12.7. The summed E-state index contributed by atoms with van der Waals surface area (Å²) in [6.07, 6.45) is 1.61. The standard InChI is InChI=1S/C17H21NO3/c1-5-11-17(13-9-7-6-8-10-13)16(19)21-14(12(2)3)15(18-17)20-4/h5-10,12,14H,1,11H2,2-4H3/t14-,17-/m0/s1.